The second kappa shape index (κ2) is 7.40. The molecule has 120 valence electrons. The summed E-state index contributed by atoms with van der Waals surface area (Å²) in [5.74, 6) is -1.83. The average Bonchev–Trinajstić information content (AvgIpc) is 2.35. The van der Waals surface area contributed by atoms with Gasteiger partial charge in [-0.05, 0) is 6.42 Å². The molecule has 0 amide bonds. The summed E-state index contributed by atoms with van der Waals surface area (Å²) < 4.78 is 21.2. The topological polar surface area (TPSA) is 88.1 Å². The monoisotopic (exact) mass is 302 g/mol. The van der Waals surface area contributed by atoms with Crippen LogP contribution in [0.25, 0.3) is 0 Å². The zero-order chi connectivity index (χ0) is 16.2. The molecule has 1 rings (SSSR count). The van der Waals surface area contributed by atoms with Gasteiger partial charge in [0.2, 0.25) is 12.4 Å². The van der Waals surface area contributed by atoms with Gasteiger partial charge >= 0.3 is 17.9 Å². The number of esters is 3. The van der Waals surface area contributed by atoms with Gasteiger partial charge in [0.05, 0.1) is 6.10 Å². The maximum absolute atomic E-state index is 11.3. The molecule has 0 aromatic heterocycles. The lowest BCUT2D eigenvalue weighted by Gasteiger charge is -2.43. The van der Waals surface area contributed by atoms with E-state index in [0.29, 0.717) is 6.42 Å². The van der Waals surface area contributed by atoms with Crippen LogP contribution in [0.2, 0.25) is 0 Å². The van der Waals surface area contributed by atoms with Crippen molar-refractivity contribution < 1.29 is 33.3 Å². The first-order valence-corrected chi connectivity index (χ1v) is 6.93. The van der Waals surface area contributed by atoms with E-state index < -0.39 is 36.4 Å². The van der Waals surface area contributed by atoms with Crippen LogP contribution in [0, 0.1) is 5.92 Å². The highest BCUT2D eigenvalue weighted by Crippen LogP contribution is 2.32. The molecule has 0 radical (unpaired) electrons. The summed E-state index contributed by atoms with van der Waals surface area (Å²) in [6.07, 6.45) is -2.42. The lowest BCUT2D eigenvalue weighted by molar-refractivity contribution is -0.281. The van der Waals surface area contributed by atoms with E-state index in [9.17, 15) is 14.4 Å². The lowest BCUT2D eigenvalue weighted by Crippen LogP contribution is -2.57. The molecule has 1 aliphatic rings. The highest BCUT2D eigenvalue weighted by Gasteiger charge is 2.48. The molecule has 0 aliphatic carbocycles. The second-order valence-corrected chi connectivity index (χ2v) is 5.07. The van der Waals surface area contributed by atoms with Gasteiger partial charge in [0, 0.05) is 26.7 Å². The van der Waals surface area contributed by atoms with Gasteiger partial charge in [-0.15, -0.1) is 0 Å². The third kappa shape index (κ3) is 4.70. The minimum atomic E-state index is -1.09. The molecule has 1 unspecified atom stereocenters. The van der Waals surface area contributed by atoms with Crippen molar-refractivity contribution in [3.8, 4) is 0 Å². The summed E-state index contributed by atoms with van der Waals surface area (Å²) >= 11 is 0. The molecule has 0 spiro atoms. The van der Waals surface area contributed by atoms with Crippen molar-refractivity contribution in [2.24, 2.45) is 5.92 Å². The van der Waals surface area contributed by atoms with Gasteiger partial charge in [-0.2, -0.15) is 0 Å². The number of rotatable bonds is 4. The predicted molar refractivity (Wildman–Crippen MR) is 71.0 cm³/mol. The molecule has 7 nitrogen and oxygen atoms in total. The van der Waals surface area contributed by atoms with E-state index in [2.05, 4.69) is 0 Å². The van der Waals surface area contributed by atoms with Crippen LogP contribution in [0.1, 0.15) is 41.0 Å². The molecule has 0 aromatic rings. The first kappa shape index (κ1) is 17.4. The Kier molecular flexibility index (Phi) is 6.14. The van der Waals surface area contributed by atoms with Crippen molar-refractivity contribution in [1.82, 2.24) is 0 Å². The van der Waals surface area contributed by atoms with Gasteiger partial charge < -0.3 is 18.9 Å². The quantitative estimate of drug-likeness (QED) is 0.569. The van der Waals surface area contributed by atoms with Crippen molar-refractivity contribution >= 4 is 17.9 Å². The number of hydrogen-bond acceptors (Lipinski definition) is 7. The standard InChI is InChI=1S/C14H22O7/c1-6-11-7(2)12(18-8(3)15)13(19-9(4)16)14(21-11)20-10(5)17/h7,11-14H,6H2,1-5H3/t7-,11-,12+,13-,14?/m1/s1. The minimum absolute atomic E-state index is 0.199. The van der Waals surface area contributed by atoms with Crippen LogP contribution in [0.5, 0.6) is 0 Å². The molecular formula is C14H22O7. The van der Waals surface area contributed by atoms with Gasteiger partial charge in [-0.1, -0.05) is 13.8 Å². The Labute approximate surface area is 123 Å². The Hall–Kier alpha value is -1.63. The van der Waals surface area contributed by atoms with Crippen LogP contribution in [0.15, 0.2) is 0 Å². The summed E-state index contributed by atoms with van der Waals surface area (Å²) in [5.41, 5.74) is 0. The van der Waals surface area contributed by atoms with Gasteiger partial charge in [0.15, 0.2) is 0 Å². The minimum Gasteiger partial charge on any atom is -0.458 e. The Morgan fingerprint density at radius 2 is 1.38 bits per heavy atom. The molecule has 1 fully saturated rings. The van der Waals surface area contributed by atoms with Gasteiger partial charge in [-0.25, -0.2) is 0 Å². The fraction of sp³-hybridized carbons (Fsp3) is 0.786. The van der Waals surface area contributed by atoms with E-state index in [4.69, 9.17) is 18.9 Å². The Morgan fingerprint density at radius 1 is 0.905 bits per heavy atom. The smallest absolute Gasteiger partial charge is 0.305 e. The zero-order valence-corrected chi connectivity index (χ0v) is 13.0. The van der Waals surface area contributed by atoms with Crippen LogP contribution < -0.4 is 0 Å². The molecule has 0 aromatic carbocycles. The van der Waals surface area contributed by atoms with Crippen molar-refractivity contribution in [1.29, 1.82) is 0 Å². The number of hydrogen-bond donors (Lipinski definition) is 0. The predicted octanol–water partition coefficient (Wildman–Crippen LogP) is 1.18. The largest absolute Gasteiger partial charge is 0.458 e. The van der Waals surface area contributed by atoms with E-state index in [-0.39, 0.29) is 12.0 Å². The highest BCUT2D eigenvalue weighted by atomic mass is 16.7. The summed E-state index contributed by atoms with van der Waals surface area (Å²) in [4.78, 5) is 33.8. The van der Waals surface area contributed by atoms with Crippen LogP contribution in [-0.2, 0) is 33.3 Å². The normalized spacial score (nSPS) is 32.1. The van der Waals surface area contributed by atoms with Crippen LogP contribution in [0.4, 0.5) is 0 Å². The van der Waals surface area contributed by atoms with E-state index in [1.54, 1.807) is 0 Å². The molecule has 0 bridgehead atoms. The number of carbonyl (C=O) groups is 3. The second-order valence-electron chi connectivity index (χ2n) is 5.07. The highest BCUT2D eigenvalue weighted by molar-refractivity contribution is 5.68. The van der Waals surface area contributed by atoms with E-state index >= 15 is 0 Å². The van der Waals surface area contributed by atoms with Gasteiger partial charge in [0.1, 0.15) is 6.10 Å². The van der Waals surface area contributed by atoms with Crippen molar-refractivity contribution in [2.75, 3.05) is 0 Å². The Morgan fingerprint density at radius 3 is 1.81 bits per heavy atom. The number of ether oxygens (including phenoxy) is 4. The third-order valence-corrected chi connectivity index (χ3v) is 3.29. The van der Waals surface area contributed by atoms with Crippen molar-refractivity contribution in [2.45, 2.75) is 65.6 Å². The molecule has 5 atom stereocenters. The lowest BCUT2D eigenvalue weighted by atomic mass is 9.89. The fourth-order valence-electron chi connectivity index (χ4n) is 2.45. The molecule has 1 heterocycles. The molecule has 21 heavy (non-hydrogen) atoms. The molecule has 0 saturated carbocycles. The number of carbonyl (C=O) groups excluding carboxylic acids is 3. The maximum atomic E-state index is 11.3. The molecular weight excluding hydrogens is 280 g/mol. The van der Waals surface area contributed by atoms with Crippen LogP contribution in [-0.4, -0.2) is 42.5 Å². The van der Waals surface area contributed by atoms with Gasteiger partial charge in [0.25, 0.3) is 0 Å². The first-order valence-electron chi connectivity index (χ1n) is 6.93. The first-order chi connectivity index (χ1) is 9.76. The van der Waals surface area contributed by atoms with Crippen molar-refractivity contribution in [3.63, 3.8) is 0 Å². The Bertz CT molecular complexity index is 406. The Balaban J connectivity index is 3.05. The van der Waals surface area contributed by atoms with Crippen molar-refractivity contribution in [3.05, 3.63) is 0 Å². The SMILES string of the molecule is CC[C@H]1OC(OC(C)=O)[C@H](OC(C)=O)[C@@H](OC(C)=O)[C@@H]1C. The van der Waals surface area contributed by atoms with Crippen LogP contribution >= 0.6 is 0 Å². The van der Waals surface area contributed by atoms with E-state index in [1.165, 1.54) is 20.8 Å². The fourth-order valence-corrected chi connectivity index (χ4v) is 2.45. The average molecular weight is 302 g/mol. The summed E-state index contributed by atoms with van der Waals surface area (Å²) in [6.45, 7) is 7.47. The van der Waals surface area contributed by atoms with E-state index in [0.717, 1.165) is 0 Å². The third-order valence-electron chi connectivity index (χ3n) is 3.29. The van der Waals surface area contributed by atoms with Crippen LogP contribution in [0.3, 0.4) is 0 Å². The molecule has 1 saturated heterocycles. The summed E-state index contributed by atoms with van der Waals surface area (Å²) in [5, 5.41) is 0. The maximum Gasteiger partial charge on any atom is 0.305 e. The zero-order valence-electron chi connectivity index (χ0n) is 13.0. The summed E-state index contributed by atoms with van der Waals surface area (Å²) in [6, 6.07) is 0. The molecule has 0 N–H and O–H groups in total. The van der Waals surface area contributed by atoms with E-state index in [1.807, 2.05) is 13.8 Å². The summed E-state index contributed by atoms with van der Waals surface area (Å²) in [7, 11) is 0. The molecule has 7 heteroatoms. The molecule has 1 aliphatic heterocycles. The van der Waals surface area contributed by atoms with Gasteiger partial charge in [-0.3, -0.25) is 14.4 Å².